The highest BCUT2D eigenvalue weighted by atomic mass is 32.2. The fourth-order valence-corrected chi connectivity index (χ4v) is 3.09. The van der Waals surface area contributed by atoms with E-state index in [2.05, 4.69) is 10.0 Å². The van der Waals surface area contributed by atoms with Crippen LogP contribution in [0.4, 0.5) is 0 Å². The number of hydrogen-bond acceptors (Lipinski definition) is 5. The Morgan fingerprint density at radius 2 is 2.24 bits per heavy atom. The van der Waals surface area contributed by atoms with Crippen LogP contribution in [0, 0.1) is 0 Å². The summed E-state index contributed by atoms with van der Waals surface area (Å²) in [7, 11) is -3.45. The molecule has 1 amide bonds. The quantitative estimate of drug-likeness (QED) is 0.609. The zero-order chi connectivity index (χ0) is 12.9. The van der Waals surface area contributed by atoms with E-state index in [-0.39, 0.29) is 23.2 Å². The first-order valence-electron chi connectivity index (χ1n) is 5.00. The highest BCUT2D eigenvalue weighted by Crippen LogP contribution is 2.14. The van der Waals surface area contributed by atoms with Gasteiger partial charge in [-0.15, -0.1) is 11.3 Å². The zero-order valence-electron chi connectivity index (χ0n) is 9.34. The van der Waals surface area contributed by atoms with Gasteiger partial charge in [0, 0.05) is 13.1 Å². The molecule has 0 bridgehead atoms. The number of carbonyl (C=O) groups is 1. The number of nitrogens with two attached hydrogens (primary N) is 1. The maximum atomic E-state index is 11.6. The van der Waals surface area contributed by atoms with E-state index in [1.54, 1.807) is 18.4 Å². The van der Waals surface area contributed by atoms with Gasteiger partial charge >= 0.3 is 0 Å². The third kappa shape index (κ3) is 4.43. The van der Waals surface area contributed by atoms with E-state index < -0.39 is 16.1 Å². The minimum absolute atomic E-state index is 0.138. The molecular weight excluding hydrogens is 262 g/mol. The van der Waals surface area contributed by atoms with E-state index in [4.69, 9.17) is 5.73 Å². The topological polar surface area (TPSA) is 101 Å². The van der Waals surface area contributed by atoms with Crippen molar-refractivity contribution in [2.45, 2.75) is 17.2 Å². The number of carbonyl (C=O) groups excluding carboxylic acids is 1. The van der Waals surface area contributed by atoms with Crippen molar-refractivity contribution in [3.05, 3.63) is 17.5 Å². The summed E-state index contributed by atoms with van der Waals surface area (Å²) in [4.78, 5) is 11.1. The van der Waals surface area contributed by atoms with Crippen molar-refractivity contribution in [2.24, 2.45) is 5.73 Å². The van der Waals surface area contributed by atoms with Crippen molar-refractivity contribution in [1.82, 2.24) is 10.0 Å². The molecular formula is C9H15N3O3S2. The Morgan fingerprint density at radius 3 is 2.76 bits per heavy atom. The lowest BCUT2D eigenvalue weighted by molar-refractivity contribution is -0.121. The molecule has 96 valence electrons. The van der Waals surface area contributed by atoms with Crippen molar-refractivity contribution >= 4 is 27.3 Å². The maximum absolute atomic E-state index is 11.6. The molecule has 0 radical (unpaired) electrons. The number of thiophene rings is 1. The van der Waals surface area contributed by atoms with Gasteiger partial charge in [-0.1, -0.05) is 6.07 Å². The highest BCUT2D eigenvalue weighted by Gasteiger charge is 2.14. The molecule has 0 saturated heterocycles. The van der Waals surface area contributed by atoms with Crippen LogP contribution in [0.2, 0.25) is 0 Å². The summed E-state index contributed by atoms with van der Waals surface area (Å²) < 4.78 is 25.9. The Balaban J connectivity index is 2.35. The van der Waals surface area contributed by atoms with Gasteiger partial charge in [0.2, 0.25) is 15.9 Å². The fraction of sp³-hybridized carbons (Fsp3) is 0.444. The van der Waals surface area contributed by atoms with Crippen LogP contribution in [0.25, 0.3) is 0 Å². The largest absolute Gasteiger partial charge is 0.353 e. The van der Waals surface area contributed by atoms with E-state index in [0.717, 1.165) is 11.3 Å². The van der Waals surface area contributed by atoms with Crippen LogP contribution in [0.15, 0.2) is 21.7 Å². The SMILES string of the molecule is CC(N)C(=O)NCCNS(=O)(=O)c1cccs1. The first-order chi connectivity index (χ1) is 7.93. The molecule has 6 nitrogen and oxygen atoms in total. The Kier molecular flexibility index (Phi) is 5.06. The van der Waals surface area contributed by atoms with Crippen molar-refractivity contribution in [3.63, 3.8) is 0 Å². The Morgan fingerprint density at radius 1 is 1.53 bits per heavy atom. The summed E-state index contributed by atoms with van der Waals surface area (Å²) in [6, 6.07) is 2.59. The van der Waals surface area contributed by atoms with Gasteiger partial charge in [0.1, 0.15) is 4.21 Å². The summed E-state index contributed by atoms with van der Waals surface area (Å²) in [5.74, 6) is -0.305. The van der Waals surface area contributed by atoms with Crippen LogP contribution in [0.1, 0.15) is 6.92 Å². The first-order valence-corrected chi connectivity index (χ1v) is 7.36. The number of nitrogens with one attached hydrogen (secondary N) is 2. The van der Waals surface area contributed by atoms with Crippen LogP contribution in [0.3, 0.4) is 0 Å². The molecule has 0 spiro atoms. The molecule has 0 aliphatic heterocycles. The molecule has 4 N–H and O–H groups in total. The van der Waals surface area contributed by atoms with Crippen molar-refractivity contribution in [1.29, 1.82) is 0 Å². The van der Waals surface area contributed by atoms with Gasteiger partial charge in [-0.3, -0.25) is 4.79 Å². The minimum atomic E-state index is -3.45. The standard InChI is InChI=1S/C9H15N3O3S2/c1-7(10)9(13)11-4-5-12-17(14,15)8-3-2-6-16-8/h2-3,6-7,12H,4-5,10H2,1H3,(H,11,13). The van der Waals surface area contributed by atoms with Crippen molar-refractivity contribution < 1.29 is 13.2 Å². The molecule has 8 heteroatoms. The van der Waals surface area contributed by atoms with Gasteiger partial charge in [-0.05, 0) is 18.4 Å². The maximum Gasteiger partial charge on any atom is 0.250 e. The molecule has 0 aliphatic carbocycles. The number of hydrogen-bond donors (Lipinski definition) is 3. The number of sulfonamides is 1. The summed E-state index contributed by atoms with van der Waals surface area (Å²) in [6.45, 7) is 1.91. The molecule has 0 aromatic carbocycles. The van der Waals surface area contributed by atoms with Crippen LogP contribution in [-0.2, 0) is 14.8 Å². The van der Waals surface area contributed by atoms with E-state index in [1.165, 1.54) is 6.07 Å². The minimum Gasteiger partial charge on any atom is -0.353 e. The Labute approximate surface area is 104 Å². The van der Waals surface area contributed by atoms with Gasteiger partial charge in [-0.25, -0.2) is 13.1 Å². The lowest BCUT2D eigenvalue weighted by Crippen LogP contribution is -2.41. The van der Waals surface area contributed by atoms with Crippen LogP contribution >= 0.6 is 11.3 Å². The zero-order valence-corrected chi connectivity index (χ0v) is 11.0. The predicted molar refractivity (Wildman–Crippen MR) is 66.2 cm³/mol. The molecule has 1 unspecified atom stereocenters. The third-order valence-electron chi connectivity index (χ3n) is 1.89. The van der Waals surface area contributed by atoms with Gasteiger partial charge in [-0.2, -0.15) is 0 Å². The monoisotopic (exact) mass is 277 g/mol. The smallest absolute Gasteiger partial charge is 0.250 e. The third-order valence-corrected chi connectivity index (χ3v) is 4.75. The summed E-state index contributed by atoms with van der Waals surface area (Å²) >= 11 is 1.14. The van der Waals surface area contributed by atoms with Crippen molar-refractivity contribution in [2.75, 3.05) is 13.1 Å². The molecule has 1 atom stereocenters. The average molecular weight is 277 g/mol. The molecule has 1 aromatic heterocycles. The normalized spacial score (nSPS) is 13.3. The van der Waals surface area contributed by atoms with Crippen LogP contribution < -0.4 is 15.8 Å². The first kappa shape index (κ1) is 14.1. The fourth-order valence-electron chi connectivity index (χ4n) is 1.02. The second-order valence-corrected chi connectivity index (χ2v) is 6.35. The molecule has 1 aromatic rings. The average Bonchev–Trinajstić information content (AvgIpc) is 2.77. The molecule has 0 saturated carbocycles. The molecule has 17 heavy (non-hydrogen) atoms. The van der Waals surface area contributed by atoms with Gasteiger partial charge in [0.15, 0.2) is 0 Å². The van der Waals surface area contributed by atoms with Gasteiger partial charge in [0.25, 0.3) is 0 Å². The van der Waals surface area contributed by atoms with Gasteiger partial charge < -0.3 is 11.1 Å². The Hall–Kier alpha value is -0.960. The lowest BCUT2D eigenvalue weighted by Gasteiger charge is -2.08. The molecule has 1 heterocycles. The summed E-state index contributed by atoms with van der Waals surface area (Å²) in [5.41, 5.74) is 5.33. The summed E-state index contributed by atoms with van der Waals surface area (Å²) in [5, 5.41) is 4.20. The second-order valence-electron chi connectivity index (χ2n) is 3.41. The van der Waals surface area contributed by atoms with Crippen LogP contribution in [-0.4, -0.2) is 33.5 Å². The van der Waals surface area contributed by atoms with E-state index >= 15 is 0 Å². The molecule has 0 fully saturated rings. The van der Waals surface area contributed by atoms with E-state index in [9.17, 15) is 13.2 Å². The lowest BCUT2D eigenvalue weighted by atomic mass is 10.3. The molecule has 1 rings (SSSR count). The van der Waals surface area contributed by atoms with Gasteiger partial charge in [0.05, 0.1) is 6.04 Å². The summed E-state index contributed by atoms with van der Waals surface area (Å²) in [6.07, 6.45) is 0. The van der Waals surface area contributed by atoms with E-state index in [1.807, 2.05) is 0 Å². The number of rotatable bonds is 6. The van der Waals surface area contributed by atoms with E-state index in [0.29, 0.717) is 0 Å². The van der Waals surface area contributed by atoms with Crippen LogP contribution in [0.5, 0.6) is 0 Å². The number of amides is 1. The highest BCUT2D eigenvalue weighted by molar-refractivity contribution is 7.91. The second kappa shape index (κ2) is 6.10. The molecule has 0 aliphatic rings. The predicted octanol–water partition coefficient (Wildman–Crippen LogP) is -0.510. The van der Waals surface area contributed by atoms with Crippen molar-refractivity contribution in [3.8, 4) is 0 Å². The Bertz CT molecular complexity index is 454.